The van der Waals surface area contributed by atoms with Gasteiger partial charge in [-0.05, 0) is 37.9 Å². The molecule has 3 N–H and O–H groups in total. The lowest BCUT2D eigenvalue weighted by molar-refractivity contribution is 0.289. The highest BCUT2D eigenvalue weighted by molar-refractivity contribution is 5.81. The normalized spacial score (nSPS) is 12.0. The zero-order valence-electron chi connectivity index (χ0n) is 11.0. The van der Waals surface area contributed by atoms with Crippen molar-refractivity contribution in [2.75, 3.05) is 19.6 Å². The van der Waals surface area contributed by atoms with E-state index >= 15 is 0 Å². The topological polar surface area (TPSA) is 61.8 Å². The summed E-state index contributed by atoms with van der Waals surface area (Å²) in [5.41, 5.74) is 6.90. The monoisotopic (exact) mass is 249 g/mol. The molecule has 0 aromatic heterocycles. The number of aryl methyl sites for hydroxylation is 1. The number of nitrogens with zero attached hydrogens (tertiary/aromatic N) is 2. The molecule has 0 atom stereocenters. The van der Waals surface area contributed by atoms with Crippen LogP contribution < -0.4 is 5.73 Å². The lowest BCUT2D eigenvalue weighted by Crippen LogP contribution is -2.35. The van der Waals surface area contributed by atoms with Crippen LogP contribution in [0.1, 0.15) is 25.3 Å². The molecule has 0 spiro atoms. The van der Waals surface area contributed by atoms with Crippen LogP contribution in [0.5, 0.6) is 0 Å². The van der Waals surface area contributed by atoms with Gasteiger partial charge in [0.15, 0.2) is 5.84 Å². The van der Waals surface area contributed by atoms with E-state index in [1.807, 2.05) is 6.07 Å². The summed E-state index contributed by atoms with van der Waals surface area (Å²) in [4.78, 5) is 2.22. The first-order valence-electron chi connectivity index (χ1n) is 6.49. The Labute approximate surface area is 109 Å². The maximum atomic E-state index is 8.59. The molecule has 1 aromatic carbocycles. The molecule has 4 nitrogen and oxygen atoms in total. The smallest absolute Gasteiger partial charge is 0.153 e. The Hall–Kier alpha value is -1.55. The Morgan fingerprint density at radius 2 is 2.00 bits per heavy atom. The van der Waals surface area contributed by atoms with Crippen LogP contribution in [0, 0.1) is 0 Å². The van der Waals surface area contributed by atoms with Gasteiger partial charge in [-0.15, -0.1) is 0 Å². The lowest BCUT2D eigenvalue weighted by atomic mass is 10.1. The number of hydrogen-bond donors (Lipinski definition) is 2. The van der Waals surface area contributed by atoms with Gasteiger partial charge >= 0.3 is 0 Å². The quantitative estimate of drug-likeness (QED) is 0.321. The molecule has 0 aliphatic heterocycles. The van der Waals surface area contributed by atoms with E-state index in [9.17, 15) is 0 Å². The molecule has 0 unspecified atom stereocenters. The second-order valence-electron chi connectivity index (χ2n) is 4.46. The van der Waals surface area contributed by atoms with Crippen molar-refractivity contribution >= 4 is 5.84 Å². The summed E-state index contributed by atoms with van der Waals surface area (Å²) < 4.78 is 0. The van der Waals surface area contributed by atoms with Crippen molar-refractivity contribution in [3.63, 3.8) is 0 Å². The van der Waals surface area contributed by atoms with Crippen LogP contribution in [0.25, 0.3) is 0 Å². The van der Waals surface area contributed by atoms with E-state index in [1.165, 1.54) is 5.56 Å². The SMILES string of the molecule is CCCN(CCCc1ccccc1)CC(N)=NO. The third kappa shape index (κ3) is 5.68. The summed E-state index contributed by atoms with van der Waals surface area (Å²) in [6.45, 7) is 4.62. The van der Waals surface area contributed by atoms with Crippen LogP contribution >= 0.6 is 0 Å². The Balaban J connectivity index is 2.33. The van der Waals surface area contributed by atoms with Gasteiger partial charge < -0.3 is 10.9 Å². The van der Waals surface area contributed by atoms with Crippen LogP contribution in [0.15, 0.2) is 35.5 Å². The third-order valence-corrected chi connectivity index (χ3v) is 2.84. The number of hydrogen-bond acceptors (Lipinski definition) is 3. The van der Waals surface area contributed by atoms with Crippen molar-refractivity contribution in [3.8, 4) is 0 Å². The number of nitrogens with two attached hydrogens (primary N) is 1. The Morgan fingerprint density at radius 3 is 2.61 bits per heavy atom. The highest BCUT2D eigenvalue weighted by atomic mass is 16.4. The van der Waals surface area contributed by atoms with Gasteiger partial charge in [-0.3, -0.25) is 4.90 Å². The third-order valence-electron chi connectivity index (χ3n) is 2.84. The van der Waals surface area contributed by atoms with E-state index in [0.29, 0.717) is 6.54 Å². The second kappa shape index (κ2) is 8.53. The molecule has 0 aliphatic carbocycles. The molecule has 1 aromatic rings. The highest BCUT2D eigenvalue weighted by Crippen LogP contribution is 2.04. The van der Waals surface area contributed by atoms with Gasteiger partial charge in [0, 0.05) is 0 Å². The lowest BCUT2D eigenvalue weighted by Gasteiger charge is -2.20. The minimum absolute atomic E-state index is 0.281. The van der Waals surface area contributed by atoms with E-state index < -0.39 is 0 Å². The van der Waals surface area contributed by atoms with Gasteiger partial charge in [0.2, 0.25) is 0 Å². The molecular weight excluding hydrogens is 226 g/mol. The van der Waals surface area contributed by atoms with Crippen LogP contribution in [-0.2, 0) is 6.42 Å². The van der Waals surface area contributed by atoms with Crippen LogP contribution in [0.4, 0.5) is 0 Å². The fourth-order valence-corrected chi connectivity index (χ4v) is 2.00. The zero-order valence-corrected chi connectivity index (χ0v) is 11.0. The Morgan fingerprint density at radius 1 is 1.28 bits per heavy atom. The van der Waals surface area contributed by atoms with Gasteiger partial charge in [-0.1, -0.05) is 42.4 Å². The molecule has 0 aliphatic rings. The number of rotatable bonds is 8. The van der Waals surface area contributed by atoms with Gasteiger partial charge in [0.25, 0.3) is 0 Å². The average Bonchev–Trinajstić information content (AvgIpc) is 2.40. The van der Waals surface area contributed by atoms with Crippen molar-refractivity contribution < 1.29 is 5.21 Å². The largest absolute Gasteiger partial charge is 0.409 e. The van der Waals surface area contributed by atoms with E-state index in [0.717, 1.165) is 32.4 Å². The summed E-state index contributed by atoms with van der Waals surface area (Å²) in [5, 5.41) is 11.6. The van der Waals surface area contributed by atoms with E-state index in [-0.39, 0.29) is 5.84 Å². The number of benzene rings is 1. The van der Waals surface area contributed by atoms with Crippen LogP contribution in [0.2, 0.25) is 0 Å². The predicted molar refractivity (Wildman–Crippen MR) is 74.9 cm³/mol. The van der Waals surface area contributed by atoms with Gasteiger partial charge in [-0.2, -0.15) is 0 Å². The molecule has 0 saturated heterocycles. The fraction of sp³-hybridized carbons (Fsp3) is 0.500. The first kappa shape index (κ1) is 14.5. The number of amidine groups is 1. The summed E-state index contributed by atoms with van der Waals surface area (Å²) in [6, 6.07) is 10.5. The molecule has 100 valence electrons. The molecule has 0 bridgehead atoms. The van der Waals surface area contributed by atoms with Gasteiger partial charge in [-0.25, -0.2) is 0 Å². The standard InChI is InChI=1S/C14H23N3O/c1-2-10-17(12-14(15)16-18)11-6-9-13-7-4-3-5-8-13/h3-5,7-8,18H,2,6,9-12H2,1H3,(H2,15,16). The van der Waals surface area contributed by atoms with Crippen LogP contribution in [0.3, 0.4) is 0 Å². The Bertz CT molecular complexity index is 351. The first-order valence-corrected chi connectivity index (χ1v) is 6.49. The Kier molecular flexibility index (Phi) is 6.87. The highest BCUT2D eigenvalue weighted by Gasteiger charge is 2.06. The van der Waals surface area contributed by atoms with Gasteiger partial charge in [0.1, 0.15) is 0 Å². The fourth-order valence-electron chi connectivity index (χ4n) is 2.00. The first-order chi connectivity index (χ1) is 8.76. The summed E-state index contributed by atoms with van der Waals surface area (Å²) in [7, 11) is 0. The minimum Gasteiger partial charge on any atom is -0.409 e. The molecule has 4 heteroatoms. The summed E-state index contributed by atoms with van der Waals surface area (Å²) in [5.74, 6) is 0.281. The van der Waals surface area contributed by atoms with Crippen LogP contribution in [-0.4, -0.2) is 35.6 Å². The molecule has 0 radical (unpaired) electrons. The molecule has 0 amide bonds. The average molecular weight is 249 g/mol. The van der Waals surface area contributed by atoms with Crippen molar-refractivity contribution in [1.29, 1.82) is 0 Å². The zero-order chi connectivity index (χ0) is 13.2. The maximum Gasteiger partial charge on any atom is 0.153 e. The van der Waals surface area contributed by atoms with Crippen molar-refractivity contribution in [3.05, 3.63) is 35.9 Å². The number of oxime groups is 1. The molecular formula is C14H23N3O. The molecule has 0 saturated carbocycles. The summed E-state index contributed by atoms with van der Waals surface area (Å²) in [6.07, 6.45) is 3.23. The molecule has 0 fully saturated rings. The second-order valence-corrected chi connectivity index (χ2v) is 4.46. The van der Waals surface area contributed by atoms with E-state index in [1.54, 1.807) is 0 Å². The van der Waals surface area contributed by atoms with E-state index in [2.05, 4.69) is 41.2 Å². The maximum absolute atomic E-state index is 8.59. The van der Waals surface area contributed by atoms with Gasteiger partial charge in [0.05, 0.1) is 6.54 Å². The van der Waals surface area contributed by atoms with Crippen molar-refractivity contribution in [1.82, 2.24) is 4.90 Å². The molecule has 1 rings (SSSR count). The minimum atomic E-state index is 0.281. The predicted octanol–water partition coefficient (Wildman–Crippen LogP) is 2.08. The van der Waals surface area contributed by atoms with Crippen molar-refractivity contribution in [2.45, 2.75) is 26.2 Å². The molecule has 18 heavy (non-hydrogen) atoms. The summed E-state index contributed by atoms with van der Waals surface area (Å²) >= 11 is 0. The molecule has 0 heterocycles. The van der Waals surface area contributed by atoms with E-state index in [4.69, 9.17) is 10.9 Å². The van der Waals surface area contributed by atoms with Crippen molar-refractivity contribution in [2.24, 2.45) is 10.9 Å².